The van der Waals surface area contributed by atoms with Crippen LogP contribution in [0.1, 0.15) is 36.5 Å². The molecular weight excluding hydrogens is 458 g/mol. The van der Waals surface area contributed by atoms with Crippen LogP contribution in [0.25, 0.3) is 0 Å². The summed E-state index contributed by atoms with van der Waals surface area (Å²) >= 11 is 12.4. The summed E-state index contributed by atoms with van der Waals surface area (Å²) < 4.78 is 5.27. The van der Waals surface area contributed by atoms with Gasteiger partial charge in [-0.05, 0) is 74.8 Å². The fraction of sp³-hybridized carbons (Fsp3) is 0.417. The first kappa shape index (κ1) is 15.7. The van der Waals surface area contributed by atoms with Gasteiger partial charge in [0.1, 0.15) is 0 Å². The van der Waals surface area contributed by atoms with Crippen molar-refractivity contribution in [3.63, 3.8) is 0 Å². The topological polar surface area (TPSA) is 29.9 Å². The van der Waals surface area contributed by atoms with Gasteiger partial charge in [0.2, 0.25) is 0 Å². The van der Waals surface area contributed by atoms with Crippen molar-refractivity contribution in [2.24, 2.45) is 0 Å². The third-order valence-corrected chi connectivity index (χ3v) is 6.72. The first-order valence-electron chi connectivity index (χ1n) is 5.80. The molecule has 0 saturated heterocycles. The lowest BCUT2D eigenvalue weighted by atomic mass is 10.1. The van der Waals surface area contributed by atoms with Gasteiger partial charge in [-0.15, -0.1) is 11.3 Å². The van der Waals surface area contributed by atoms with E-state index in [9.17, 15) is 0 Å². The Hall–Kier alpha value is 0.310. The average molecular weight is 472 g/mol. The quantitative estimate of drug-likeness (QED) is 0.670. The smallest absolute Gasteiger partial charge is 0.0851 e. The number of aromatic nitrogens is 2. The van der Waals surface area contributed by atoms with Crippen molar-refractivity contribution in [1.82, 2.24) is 15.1 Å². The summed E-state index contributed by atoms with van der Waals surface area (Å²) in [5.74, 6) is 0. The molecule has 104 valence electrons. The van der Waals surface area contributed by atoms with Crippen LogP contribution < -0.4 is 5.32 Å². The van der Waals surface area contributed by atoms with Crippen LogP contribution in [0, 0.1) is 0 Å². The molecule has 3 nitrogen and oxygen atoms in total. The van der Waals surface area contributed by atoms with Crippen molar-refractivity contribution in [1.29, 1.82) is 0 Å². The van der Waals surface area contributed by atoms with Gasteiger partial charge in [-0.3, -0.25) is 4.68 Å². The van der Waals surface area contributed by atoms with Crippen LogP contribution in [0.15, 0.2) is 25.0 Å². The molecule has 19 heavy (non-hydrogen) atoms. The predicted molar refractivity (Wildman–Crippen MR) is 90.9 cm³/mol. The summed E-state index contributed by atoms with van der Waals surface area (Å²) in [6.45, 7) is 4.27. The van der Waals surface area contributed by atoms with Crippen molar-refractivity contribution in [2.75, 3.05) is 7.05 Å². The van der Waals surface area contributed by atoms with Crippen LogP contribution in [0.4, 0.5) is 0 Å². The van der Waals surface area contributed by atoms with Gasteiger partial charge in [-0.1, -0.05) is 0 Å². The molecular formula is C12H14Br3N3S. The minimum Gasteiger partial charge on any atom is -0.307 e. The molecule has 0 saturated carbocycles. The highest BCUT2D eigenvalue weighted by Gasteiger charge is 2.24. The summed E-state index contributed by atoms with van der Waals surface area (Å²) in [7, 11) is 1.97. The number of halogens is 3. The third-order valence-electron chi connectivity index (χ3n) is 2.79. The van der Waals surface area contributed by atoms with Gasteiger partial charge in [0.15, 0.2) is 0 Å². The minimum atomic E-state index is 0.117. The number of nitrogens with one attached hydrogen (secondary N) is 1. The maximum atomic E-state index is 4.45. The van der Waals surface area contributed by atoms with E-state index in [1.165, 1.54) is 4.88 Å². The molecule has 2 aromatic heterocycles. The van der Waals surface area contributed by atoms with Gasteiger partial charge in [0.25, 0.3) is 0 Å². The highest BCUT2D eigenvalue weighted by Crippen LogP contribution is 2.39. The third kappa shape index (κ3) is 3.15. The average Bonchev–Trinajstić information content (AvgIpc) is 2.86. The van der Waals surface area contributed by atoms with E-state index in [1.807, 2.05) is 17.9 Å². The van der Waals surface area contributed by atoms with Crippen molar-refractivity contribution in [2.45, 2.75) is 25.9 Å². The minimum absolute atomic E-state index is 0.117. The van der Waals surface area contributed by atoms with Crippen LogP contribution in [0.3, 0.4) is 0 Å². The van der Waals surface area contributed by atoms with Gasteiger partial charge in [0.05, 0.1) is 26.2 Å². The van der Waals surface area contributed by atoms with Crippen molar-refractivity contribution >= 4 is 59.1 Å². The molecule has 1 N–H and O–H groups in total. The van der Waals surface area contributed by atoms with Gasteiger partial charge >= 0.3 is 0 Å². The second kappa shape index (κ2) is 6.39. The molecule has 0 aromatic carbocycles. The van der Waals surface area contributed by atoms with Crippen LogP contribution in [0.2, 0.25) is 0 Å². The van der Waals surface area contributed by atoms with Gasteiger partial charge < -0.3 is 5.32 Å². The zero-order chi connectivity index (χ0) is 14.2. The number of hydrogen-bond donors (Lipinski definition) is 1. The lowest BCUT2D eigenvalue weighted by Gasteiger charge is -2.19. The molecule has 0 fully saturated rings. The molecule has 1 unspecified atom stereocenters. The molecule has 0 amide bonds. The van der Waals surface area contributed by atoms with E-state index in [4.69, 9.17) is 0 Å². The van der Waals surface area contributed by atoms with Gasteiger partial charge in [-0.25, -0.2) is 0 Å². The monoisotopic (exact) mass is 469 g/mol. The molecule has 0 radical (unpaired) electrons. The predicted octanol–water partition coefficient (Wildman–Crippen LogP) is 5.12. The van der Waals surface area contributed by atoms with E-state index in [0.717, 1.165) is 18.4 Å². The van der Waals surface area contributed by atoms with Crippen LogP contribution in [-0.2, 0) is 0 Å². The van der Waals surface area contributed by atoms with Gasteiger partial charge in [0, 0.05) is 15.4 Å². The lowest BCUT2D eigenvalue weighted by Crippen LogP contribution is -2.22. The number of nitrogens with zero attached hydrogens (tertiary/aromatic N) is 2. The van der Waals surface area contributed by atoms with Crippen molar-refractivity contribution in [3.05, 3.63) is 35.6 Å². The molecule has 0 aliphatic carbocycles. The fourth-order valence-corrected chi connectivity index (χ4v) is 4.66. The zero-order valence-electron chi connectivity index (χ0n) is 10.7. The Morgan fingerprint density at radius 3 is 2.42 bits per heavy atom. The number of thiophene rings is 1. The Balaban J connectivity index is 2.50. The lowest BCUT2D eigenvalue weighted by molar-refractivity contribution is 0.485. The van der Waals surface area contributed by atoms with E-state index in [-0.39, 0.29) is 6.04 Å². The zero-order valence-corrected chi connectivity index (χ0v) is 16.3. The summed E-state index contributed by atoms with van der Waals surface area (Å²) in [6.07, 6.45) is 1.86. The van der Waals surface area contributed by atoms with Gasteiger partial charge in [-0.2, -0.15) is 5.10 Å². The van der Waals surface area contributed by atoms with Crippen LogP contribution in [0.5, 0.6) is 0 Å². The molecule has 0 aliphatic heterocycles. The highest BCUT2D eigenvalue weighted by molar-refractivity contribution is 9.13. The summed E-state index contributed by atoms with van der Waals surface area (Å²) in [5.41, 5.74) is 1.15. The maximum Gasteiger partial charge on any atom is 0.0851 e. The molecule has 1 atom stereocenters. The Morgan fingerprint density at radius 2 is 1.95 bits per heavy atom. The van der Waals surface area contributed by atoms with Crippen molar-refractivity contribution in [3.8, 4) is 0 Å². The Bertz CT molecular complexity index is 557. The maximum absolute atomic E-state index is 4.45. The normalized spacial score (nSPS) is 13.2. The fourth-order valence-electron chi connectivity index (χ4n) is 1.95. The molecule has 2 aromatic rings. The standard InChI is InChI=1S/C12H14Br3N3S/c1-6(2)18-11(8(14)5-17-18)10(16-3)9-4-7(13)12(15)19-9/h4-6,10,16H,1-3H3. The van der Waals surface area contributed by atoms with E-state index >= 15 is 0 Å². The number of hydrogen-bond acceptors (Lipinski definition) is 3. The summed E-state index contributed by atoms with van der Waals surface area (Å²) in [4.78, 5) is 1.24. The Labute approximate surface area is 142 Å². The van der Waals surface area contributed by atoms with E-state index in [2.05, 4.69) is 78.1 Å². The van der Waals surface area contributed by atoms with Crippen LogP contribution >= 0.6 is 59.1 Å². The van der Waals surface area contributed by atoms with Crippen molar-refractivity contribution < 1.29 is 0 Å². The largest absolute Gasteiger partial charge is 0.307 e. The van der Waals surface area contributed by atoms with E-state index < -0.39 is 0 Å². The van der Waals surface area contributed by atoms with E-state index in [1.54, 1.807) is 11.3 Å². The highest BCUT2D eigenvalue weighted by atomic mass is 79.9. The molecule has 7 heteroatoms. The first-order valence-corrected chi connectivity index (χ1v) is 9.00. The molecule has 2 rings (SSSR count). The molecule has 0 spiro atoms. The van der Waals surface area contributed by atoms with E-state index in [0.29, 0.717) is 6.04 Å². The Morgan fingerprint density at radius 1 is 1.26 bits per heavy atom. The number of rotatable bonds is 4. The second-order valence-corrected chi connectivity index (χ2v) is 8.52. The SMILES string of the molecule is CNC(c1cc(Br)c(Br)s1)c1c(Br)cnn1C(C)C. The molecule has 2 heterocycles. The molecule has 0 aliphatic rings. The molecule has 0 bridgehead atoms. The Kier molecular flexibility index (Phi) is 5.28. The van der Waals surface area contributed by atoms with Crippen LogP contribution in [-0.4, -0.2) is 16.8 Å². The second-order valence-electron chi connectivity index (χ2n) is 4.41. The summed E-state index contributed by atoms with van der Waals surface area (Å²) in [6, 6.07) is 2.58. The summed E-state index contributed by atoms with van der Waals surface area (Å²) in [5, 5.41) is 7.83. The first-order chi connectivity index (χ1) is 8.95.